The highest BCUT2D eigenvalue weighted by Crippen LogP contribution is 2.42. The Morgan fingerprint density at radius 1 is 1.03 bits per heavy atom. The fourth-order valence-electron chi connectivity index (χ4n) is 4.53. The van der Waals surface area contributed by atoms with Crippen molar-refractivity contribution in [2.45, 2.75) is 33.1 Å². The maximum absolute atomic E-state index is 12.9. The van der Waals surface area contributed by atoms with Gasteiger partial charge in [-0.05, 0) is 61.9 Å². The van der Waals surface area contributed by atoms with Crippen LogP contribution in [0.4, 0.5) is 11.4 Å². The smallest absolute Gasteiger partial charge is 0.338 e. The van der Waals surface area contributed by atoms with Gasteiger partial charge in [-0.25, -0.2) is 4.79 Å². The maximum atomic E-state index is 12.9. The topological polar surface area (TPSA) is 92.8 Å². The second kappa shape index (κ2) is 8.94. The van der Waals surface area contributed by atoms with Crippen LogP contribution >= 0.6 is 0 Å². The second-order valence-corrected chi connectivity index (χ2v) is 8.63. The minimum atomic E-state index is -0.697. The van der Waals surface area contributed by atoms with Gasteiger partial charge in [0.25, 0.3) is 5.91 Å². The van der Waals surface area contributed by atoms with Gasteiger partial charge in [0.05, 0.1) is 23.1 Å². The zero-order valence-electron chi connectivity index (χ0n) is 18.2. The highest BCUT2D eigenvalue weighted by atomic mass is 16.5. The number of anilines is 2. The first-order chi connectivity index (χ1) is 15.3. The van der Waals surface area contributed by atoms with E-state index in [1.165, 1.54) is 17.0 Å². The van der Waals surface area contributed by atoms with Crippen LogP contribution in [0.3, 0.4) is 0 Å². The molecule has 0 aromatic heterocycles. The van der Waals surface area contributed by atoms with E-state index in [9.17, 15) is 19.2 Å². The molecule has 166 valence electrons. The molecule has 2 aromatic carbocycles. The largest absolute Gasteiger partial charge is 0.452 e. The molecule has 2 fully saturated rings. The van der Waals surface area contributed by atoms with E-state index in [4.69, 9.17) is 4.74 Å². The molecule has 0 unspecified atom stereocenters. The number of amides is 3. The maximum Gasteiger partial charge on any atom is 0.338 e. The SMILES string of the molecule is Cc1ccccc1NC(=O)COC(=O)c1cccc(N2C(=O)[C@@H]3CC[C@H](C)C[C@H]3C2=O)c1. The third-order valence-electron chi connectivity index (χ3n) is 6.28. The van der Waals surface area contributed by atoms with Crippen molar-refractivity contribution in [3.63, 3.8) is 0 Å². The van der Waals surface area contributed by atoms with E-state index >= 15 is 0 Å². The van der Waals surface area contributed by atoms with Gasteiger partial charge in [-0.1, -0.05) is 31.2 Å². The van der Waals surface area contributed by atoms with Crippen molar-refractivity contribution in [3.8, 4) is 0 Å². The predicted molar refractivity (Wildman–Crippen MR) is 119 cm³/mol. The number of nitrogens with zero attached hydrogens (tertiary/aromatic N) is 1. The Bertz CT molecular complexity index is 1080. The van der Waals surface area contributed by atoms with Crippen LogP contribution in [-0.4, -0.2) is 30.3 Å². The van der Waals surface area contributed by atoms with Gasteiger partial charge < -0.3 is 10.1 Å². The van der Waals surface area contributed by atoms with Gasteiger partial charge in [0.2, 0.25) is 11.8 Å². The molecule has 0 bridgehead atoms. The zero-order chi connectivity index (χ0) is 22.8. The van der Waals surface area contributed by atoms with Crippen LogP contribution in [-0.2, 0) is 19.1 Å². The van der Waals surface area contributed by atoms with Crippen molar-refractivity contribution in [1.82, 2.24) is 0 Å². The Labute approximate surface area is 186 Å². The average Bonchev–Trinajstić information content (AvgIpc) is 3.03. The molecule has 2 aromatic rings. The zero-order valence-corrected chi connectivity index (χ0v) is 18.2. The van der Waals surface area contributed by atoms with E-state index in [0.29, 0.717) is 30.1 Å². The van der Waals surface area contributed by atoms with Gasteiger partial charge in [-0.15, -0.1) is 0 Å². The van der Waals surface area contributed by atoms with E-state index in [1.54, 1.807) is 24.3 Å². The number of para-hydroxylation sites is 1. The Morgan fingerprint density at radius 3 is 2.56 bits per heavy atom. The standard InChI is InChI=1S/C25H26N2O5/c1-15-10-11-19-20(12-15)24(30)27(23(19)29)18-8-5-7-17(13-18)25(31)32-14-22(28)26-21-9-4-3-6-16(21)2/h3-9,13,15,19-20H,10-12,14H2,1-2H3,(H,26,28)/t15-,19+,20+/m0/s1. The van der Waals surface area contributed by atoms with Gasteiger partial charge in [0, 0.05) is 5.69 Å². The fourth-order valence-corrected chi connectivity index (χ4v) is 4.53. The Morgan fingerprint density at radius 2 is 1.78 bits per heavy atom. The quantitative estimate of drug-likeness (QED) is 0.572. The first-order valence-electron chi connectivity index (χ1n) is 10.9. The summed E-state index contributed by atoms with van der Waals surface area (Å²) in [5.74, 6) is -1.69. The highest BCUT2D eigenvalue weighted by Gasteiger charge is 2.50. The van der Waals surface area contributed by atoms with Crippen molar-refractivity contribution < 1.29 is 23.9 Å². The lowest BCUT2D eigenvalue weighted by atomic mass is 9.76. The number of esters is 1. The van der Waals surface area contributed by atoms with Crippen LogP contribution in [0.2, 0.25) is 0 Å². The molecule has 0 radical (unpaired) electrons. The molecule has 4 rings (SSSR count). The lowest BCUT2D eigenvalue weighted by Gasteiger charge is -2.25. The summed E-state index contributed by atoms with van der Waals surface area (Å²) in [7, 11) is 0. The van der Waals surface area contributed by atoms with E-state index in [1.807, 2.05) is 19.1 Å². The number of fused-ring (bicyclic) bond motifs is 1. The van der Waals surface area contributed by atoms with E-state index in [0.717, 1.165) is 12.0 Å². The first-order valence-corrected chi connectivity index (χ1v) is 10.9. The minimum Gasteiger partial charge on any atom is -0.452 e. The van der Waals surface area contributed by atoms with Crippen molar-refractivity contribution in [1.29, 1.82) is 0 Å². The first kappa shape index (κ1) is 21.7. The molecule has 0 spiro atoms. The van der Waals surface area contributed by atoms with Crippen LogP contribution in [0.15, 0.2) is 48.5 Å². The molecule has 2 aliphatic rings. The molecular formula is C25H26N2O5. The molecule has 1 saturated carbocycles. The number of aryl methyl sites for hydroxylation is 1. The number of hydrogen-bond acceptors (Lipinski definition) is 5. The molecule has 1 N–H and O–H groups in total. The highest BCUT2D eigenvalue weighted by molar-refractivity contribution is 6.22. The van der Waals surface area contributed by atoms with E-state index in [2.05, 4.69) is 12.2 Å². The number of imide groups is 1. The molecule has 7 nitrogen and oxygen atoms in total. The summed E-state index contributed by atoms with van der Waals surface area (Å²) in [6.45, 7) is 3.52. The molecule has 7 heteroatoms. The molecule has 3 atom stereocenters. The molecule has 1 aliphatic carbocycles. The van der Waals surface area contributed by atoms with Gasteiger partial charge in [0.1, 0.15) is 0 Å². The Kier molecular flexibility index (Phi) is 6.08. The molecule has 1 aliphatic heterocycles. The second-order valence-electron chi connectivity index (χ2n) is 8.63. The molecule has 3 amide bonds. The van der Waals surface area contributed by atoms with Crippen LogP contribution in [0, 0.1) is 24.7 Å². The predicted octanol–water partition coefficient (Wildman–Crippen LogP) is 3.72. The summed E-state index contributed by atoms with van der Waals surface area (Å²) in [5.41, 5.74) is 2.09. The van der Waals surface area contributed by atoms with Crippen molar-refractivity contribution in [3.05, 3.63) is 59.7 Å². The van der Waals surface area contributed by atoms with Gasteiger partial charge in [-0.2, -0.15) is 0 Å². The van der Waals surface area contributed by atoms with E-state index in [-0.39, 0.29) is 29.2 Å². The van der Waals surface area contributed by atoms with Gasteiger partial charge in [-0.3, -0.25) is 19.3 Å². The summed E-state index contributed by atoms with van der Waals surface area (Å²) < 4.78 is 5.14. The van der Waals surface area contributed by atoms with Gasteiger partial charge >= 0.3 is 5.97 Å². The van der Waals surface area contributed by atoms with Crippen molar-refractivity contribution >= 4 is 35.1 Å². The minimum absolute atomic E-state index is 0.176. The van der Waals surface area contributed by atoms with Crippen LogP contribution in [0.5, 0.6) is 0 Å². The molecule has 32 heavy (non-hydrogen) atoms. The number of carbonyl (C=O) groups excluding carboxylic acids is 4. The summed E-state index contributed by atoms with van der Waals surface area (Å²) in [6, 6.07) is 13.5. The summed E-state index contributed by atoms with van der Waals surface area (Å²) in [5, 5.41) is 2.70. The molecule has 1 heterocycles. The Balaban J connectivity index is 1.42. The lowest BCUT2D eigenvalue weighted by molar-refractivity contribution is -0.122. The Hall–Kier alpha value is -3.48. The van der Waals surface area contributed by atoms with Crippen LogP contribution in [0.25, 0.3) is 0 Å². The van der Waals surface area contributed by atoms with Crippen LogP contribution < -0.4 is 10.2 Å². The van der Waals surface area contributed by atoms with Crippen molar-refractivity contribution in [2.75, 3.05) is 16.8 Å². The third-order valence-corrected chi connectivity index (χ3v) is 6.28. The number of ether oxygens (including phenoxy) is 1. The summed E-state index contributed by atoms with van der Waals surface area (Å²) in [4.78, 5) is 51.7. The third kappa shape index (κ3) is 4.28. The normalized spacial score (nSPS) is 22.4. The summed E-state index contributed by atoms with van der Waals surface area (Å²) >= 11 is 0. The average molecular weight is 434 g/mol. The molecule has 1 saturated heterocycles. The molecular weight excluding hydrogens is 408 g/mol. The van der Waals surface area contributed by atoms with Crippen molar-refractivity contribution in [2.24, 2.45) is 17.8 Å². The number of rotatable bonds is 5. The lowest BCUT2D eigenvalue weighted by Crippen LogP contribution is -2.31. The van der Waals surface area contributed by atoms with Crippen LogP contribution in [0.1, 0.15) is 42.1 Å². The number of hydrogen-bond donors (Lipinski definition) is 1. The monoisotopic (exact) mass is 434 g/mol. The van der Waals surface area contributed by atoms with E-state index < -0.39 is 18.5 Å². The fraction of sp³-hybridized carbons (Fsp3) is 0.360. The summed E-state index contributed by atoms with van der Waals surface area (Å²) in [6.07, 6.45) is 2.36. The number of carbonyl (C=O) groups is 4. The van der Waals surface area contributed by atoms with Gasteiger partial charge in [0.15, 0.2) is 6.61 Å². The number of nitrogens with one attached hydrogen (secondary N) is 1. The number of benzene rings is 2.